The maximum atomic E-state index is 12.6. The van der Waals surface area contributed by atoms with Crippen molar-refractivity contribution in [1.82, 2.24) is 16.0 Å². The van der Waals surface area contributed by atoms with Crippen molar-refractivity contribution < 1.29 is 44.1 Å². The third kappa shape index (κ3) is 10.2. The van der Waals surface area contributed by atoms with Crippen molar-refractivity contribution in [3.05, 3.63) is 0 Å². The SMILES string of the molecule is CC(C)C(NC(=O)C(CCC(N)=O)NC(=O)C(NC(=O)C(N)CC(=O)O)C(C)O)C(=O)O. The molecule has 0 aromatic rings. The Hall–Kier alpha value is -3.26. The lowest BCUT2D eigenvalue weighted by atomic mass is 10.0. The maximum absolute atomic E-state index is 12.6. The molecule has 0 bridgehead atoms. The monoisotopic (exact) mass is 461 g/mol. The molecule has 0 rings (SSSR count). The second-order valence-electron chi connectivity index (χ2n) is 7.57. The van der Waals surface area contributed by atoms with Gasteiger partial charge >= 0.3 is 11.9 Å². The van der Waals surface area contributed by atoms with Gasteiger partial charge < -0.3 is 42.7 Å². The van der Waals surface area contributed by atoms with E-state index in [1.165, 1.54) is 0 Å². The van der Waals surface area contributed by atoms with Crippen LogP contribution >= 0.6 is 0 Å². The van der Waals surface area contributed by atoms with E-state index in [-0.39, 0.29) is 12.8 Å². The molecule has 182 valence electrons. The second kappa shape index (κ2) is 13.2. The number of carboxylic acid groups (broad SMARTS) is 2. The predicted molar refractivity (Wildman–Crippen MR) is 109 cm³/mol. The lowest BCUT2D eigenvalue weighted by molar-refractivity contribution is -0.143. The summed E-state index contributed by atoms with van der Waals surface area (Å²) in [7, 11) is 0. The van der Waals surface area contributed by atoms with Crippen molar-refractivity contribution >= 4 is 35.6 Å². The molecule has 32 heavy (non-hydrogen) atoms. The number of aliphatic hydroxyl groups excluding tert-OH is 1. The van der Waals surface area contributed by atoms with Crippen LogP contribution in [0.4, 0.5) is 0 Å². The first-order chi connectivity index (χ1) is 14.7. The molecule has 4 amide bonds. The van der Waals surface area contributed by atoms with Crippen LogP contribution in [-0.4, -0.2) is 81.2 Å². The molecule has 0 spiro atoms. The van der Waals surface area contributed by atoms with Gasteiger partial charge in [0.1, 0.15) is 18.1 Å². The van der Waals surface area contributed by atoms with Crippen LogP contribution < -0.4 is 27.4 Å². The van der Waals surface area contributed by atoms with E-state index in [9.17, 15) is 39.0 Å². The summed E-state index contributed by atoms with van der Waals surface area (Å²) in [5, 5.41) is 34.4. The van der Waals surface area contributed by atoms with Gasteiger partial charge in [0.15, 0.2) is 0 Å². The minimum Gasteiger partial charge on any atom is -0.481 e. The number of primary amides is 1. The number of amides is 4. The molecular weight excluding hydrogens is 430 g/mol. The van der Waals surface area contributed by atoms with E-state index in [1.807, 2.05) is 0 Å². The van der Waals surface area contributed by atoms with Gasteiger partial charge in [-0.3, -0.25) is 24.0 Å². The van der Waals surface area contributed by atoms with Gasteiger partial charge in [-0.05, 0) is 19.3 Å². The van der Waals surface area contributed by atoms with Crippen molar-refractivity contribution in [1.29, 1.82) is 0 Å². The quantitative estimate of drug-likeness (QED) is 0.127. The van der Waals surface area contributed by atoms with Crippen LogP contribution in [0.3, 0.4) is 0 Å². The zero-order chi connectivity index (χ0) is 25.2. The van der Waals surface area contributed by atoms with Crippen LogP contribution in [0.25, 0.3) is 0 Å². The van der Waals surface area contributed by atoms with Crippen molar-refractivity contribution in [2.75, 3.05) is 0 Å². The summed E-state index contributed by atoms with van der Waals surface area (Å²) in [6, 6.07) is -5.82. The van der Waals surface area contributed by atoms with Crippen LogP contribution in [-0.2, 0) is 28.8 Å². The van der Waals surface area contributed by atoms with Crippen LogP contribution in [0.5, 0.6) is 0 Å². The van der Waals surface area contributed by atoms with E-state index < -0.39 is 78.2 Å². The summed E-state index contributed by atoms with van der Waals surface area (Å²) in [5.74, 6) is -6.94. The first kappa shape index (κ1) is 28.7. The number of carbonyl (C=O) groups excluding carboxylic acids is 4. The number of hydrogen-bond acceptors (Lipinski definition) is 8. The third-order valence-corrected chi connectivity index (χ3v) is 4.34. The molecule has 0 aliphatic carbocycles. The number of aliphatic carboxylic acids is 2. The standard InChI is InChI=1S/C18H31N5O9/c1-7(2)13(18(31)32)22-16(29)10(4-5-11(20)25)21-17(30)14(8(3)24)23-15(28)9(19)6-12(26)27/h7-10,13-14,24H,4-6,19H2,1-3H3,(H2,20,25)(H,21,30)(H,22,29)(H,23,28)(H,26,27)(H,31,32). The Kier molecular flexibility index (Phi) is 11.9. The second-order valence-corrected chi connectivity index (χ2v) is 7.57. The normalized spacial score (nSPS) is 15.6. The van der Waals surface area contributed by atoms with Gasteiger partial charge in [0.05, 0.1) is 18.6 Å². The molecule has 5 unspecified atom stereocenters. The molecule has 0 aromatic carbocycles. The highest BCUT2D eigenvalue weighted by Gasteiger charge is 2.33. The molecule has 14 heteroatoms. The number of aliphatic hydroxyl groups is 1. The van der Waals surface area contributed by atoms with Gasteiger partial charge in [0.25, 0.3) is 0 Å². The van der Waals surface area contributed by atoms with Crippen LogP contribution in [0.15, 0.2) is 0 Å². The average Bonchev–Trinajstić information content (AvgIpc) is 2.65. The molecule has 0 aliphatic heterocycles. The van der Waals surface area contributed by atoms with Crippen molar-refractivity contribution in [3.63, 3.8) is 0 Å². The molecule has 0 saturated heterocycles. The Labute approximate surface area is 184 Å². The Morgan fingerprint density at radius 1 is 0.844 bits per heavy atom. The molecule has 0 fully saturated rings. The van der Waals surface area contributed by atoms with Crippen molar-refractivity contribution in [2.24, 2.45) is 17.4 Å². The number of nitrogens with one attached hydrogen (secondary N) is 3. The summed E-state index contributed by atoms with van der Waals surface area (Å²) in [5.41, 5.74) is 10.5. The largest absolute Gasteiger partial charge is 0.481 e. The van der Waals surface area contributed by atoms with E-state index in [0.717, 1.165) is 6.92 Å². The molecule has 0 heterocycles. The maximum Gasteiger partial charge on any atom is 0.326 e. The Morgan fingerprint density at radius 2 is 1.38 bits per heavy atom. The van der Waals surface area contributed by atoms with E-state index in [2.05, 4.69) is 16.0 Å². The van der Waals surface area contributed by atoms with Gasteiger partial charge in [-0.1, -0.05) is 13.8 Å². The van der Waals surface area contributed by atoms with Gasteiger partial charge in [0, 0.05) is 6.42 Å². The molecule has 0 aromatic heterocycles. The van der Waals surface area contributed by atoms with Crippen molar-refractivity contribution in [2.45, 2.75) is 70.3 Å². The summed E-state index contributed by atoms with van der Waals surface area (Å²) in [6.45, 7) is 4.26. The fraction of sp³-hybridized carbons (Fsp3) is 0.667. The lowest BCUT2D eigenvalue weighted by Crippen LogP contribution is -2.60. The first-order valence-electron chi connectivity index (χ1n) is 9.75. The zero-order valence-corrected chi connectivity index (χ0v) is 18.0. The topological polar surface area (TPSA) is 251 Å². The number of rotatable bonds is 14. The third-order valence-electron chi connectivity index (χ3n) is 4.34. The molecule has 14 nitrogen and oxygen atoms in total. The lowest BCUT2D eigenvalue weighted by Gasteiger charge is -2.26. The summed E-state index contributed by atoms with van der Waals surface area (Å²) in [4.78, 5) is 70.4. The first-order valence-corrected chi connectivity index (χ1v) is 9.75. The minimum absolute atomic E-state index is 0.281. The summed E-state index contributed by atoms with van der Waals surface area (Å²) in [6.07, 6.45) is -2.81. The highest BCUT2D eigenvalue weighted by atomic mass is 16.4. The van der Waals surface area contributed by atoms with Crippen LogP contribution in [0.2, 0.25) is 0 Å². The molecule has 0 radical (unpaired) electrons. The van der Waals surface area contributed by atoms with E-state index in [1.54, 1.807) is 13.8 Å². The fourth-order valence-corrected chi connectivity index (χ4v) is 2.53. The van der Waals surface area contributed by atoms with Crippen molar-refractivity contribution in [3.8, 4) is 0 Å². The van der Waals surface area contributed by atoms with Gasteiger partial charge in [-0.25, -0.2) is 4.79 Å². The number of hydrogen-bond donors (Lipinski definition) is 8. The van der Waals surface area contributed by atoms with E-state index in [0.29, 0.717) is 0 Å². The van der Waals surface area contributed by atoms with Crippen LogP contribution in [0.1, 0.15) is 40.0 Å². The van der Waals surface area contributed by atoms with Gasteiger partial charge in [0.2, 0.25) is 23.6 Å². The van der Waals surface area contributed by atoms with E-state index >= 15 is 0 Å². The Bertz CT molecular complexity index is 726. The molecule has 0 aliphatic rings. The van der Waals surface area contributed by atoms with Gasteiger partial charge in [-0.2, -0.15) is 0 Å². The smallest absolute Gasteiger partial charge is 0.326 e. The van der Waals surface area contributed by atoms with Crippen LogP contribution in [0, 0.1) is 5.92 Å². The predicted octanol–water partition coefficient (Wildman–Crippen LogP) is -3.37. The Morgan fingerprint density at radius 3 is 1.78 bits per heavy atom. The molecule has 5 atom stereocenters. The summed E-state index contributed by atoms with van der Waals surface area (Å²) < 4.78 is 0. The zero-order valence-electron chi connectivity index (χ0n) is 18.0. The molecular formula is C18H31N5O9. The number of carboxylic acids is 2. The molecule has 0 saturated carbocycles. The highest BCUT2D eigenvalue weighted by molar-refractivity contribution is 5.95. The number of carbonyl (C=O) groups is 6. The van der Waals surface area contributed by atoms with E-state index in [4.69, 9.17) is 16.6 Å². The Balaban J connectivity index is 5.50. The minimum atomic E-state index is -1.62. The summed E-state index contributed by atoms with van der Waals surface area (Å²) >= 11 is 0. The fourth-order valence-electron chi connectivity index (χ4n) is 2.53. The highest BCUT2D eigenvalue weighted by Crippen LogP contribution is 2.06. The number of nitrogens with two attached hydrogens (primary N) is 2. The molecule has 10 N–H and O–H groups in total. The van der Waals surface area contributed by atoms with Gasteiger partial charge in [-0.15, -0.1) is 0 Å². The average molecular weight is 461 g/mol.